The van der Waals surface area contributed by atoms with Crippen LogP contribution < -0.4 is 14.8 Å². The number of methoxy groups -OCH3 is 2. The van der Waals surface area contributed by atoms with Gasteiger partial charge in [0.05, 0.1) is 19.8 Å². The summed E-state index contributed by atoms with van der Waals surface area (Å²) in [6, 6.07) is 36.8. The first-order chi connectivity index (χ1) is 17.2. The van der Waals surface area contributed by atoms with Crippen LogP contribution in [0.25, 0.3) is 0 Å². The van der Waals surface area contributed by atoms with Gasteiger partial charge in [-0.2, -0.15) is 0 Å². The van der Waals surface area contributed by atoms with Gasteiger partial charge in [-0.25, -0.2) is 0 Å². The van der Waals surface area contributed by atoms with Crippen LogP contribution in [0.15, 0.2) is 115 Å². The summed E-state index contributed by atoms with van der Waals surface area (Å²) in [5.74, 6) is 0.863. The molecule has 0 aliphatic heterocycles. The number of rotatable bonds is 10. The Bertz CT molecular complexity index is 1120. The van der Waals surface area contributed by atoms with Crippen LogP contribution in [0.2, 0.25) is 0 Å². The number of carbonyl (C=O) groups is 1. The maximum atomic E-state index is 13.0. The second-order valence-corrected chi connectivity index (χ2v) is 8.06. The third-order valence-corrected chi connectivity index (χ3v) is 5.95. The summed E-state index contributed by atoms with van der Waals surface area (Å²) in [6.07, 6.45) is 0. The zero-order valence-electron chi connectivity index (χ0n) is 19.9. The average Bonchev–Trinajstić information content (AvgIpc) is 2.94. The highest BCUT2D eigenvalue weighted by atomic mass is 16.5. The van der Waals surface area contributed by atoms with Crippen LogP contribution in [-0.4, -0.2) is 32.8 Å². The summed E-state index contributed by atoms with van der Waals surface area (Å²) in [5.41, 5.74) is 2.15. The van der Waals surface area contributed by atoms with Crippen molar-refractivity contribution in [3.05, 3.63) is 132 Å². The van der Waals surface area contributed by atoms with Crippen LogP contribution in [0, 0.1) is 0 Å². The molecule has 1 N–H and O–H groups in total. The highest BCUT2D eigenvalue weighted by molar-refractivity contribution is 5.76. The fourth-order valence-electron chi connectivity index (χ4n) is 4.26. The minimum absolute atomic E-state index is 0.0636. The Hall–Kier alpha value is -4.09. The predicted octanol–water partition coefficient (Wildman–Crippen LogP) is 5.20. The quantitative estimate of drug-likeness (QED) is 0.257. The summed E-state index contributed by atoms with van der Waals surface area (Å²) in [7, 11) is 2.99. The molecule has 5 heteroatoms. The van der Waals surface area contributed by atoms with Crippen molar-refractivity contribution in [3.63, 3.8) is 0 Å². The Morgan fingerprint density at radius 2 is 1.20 bits per heavy atom. The van der Waals surface area contributed by atoms with Gasteiger partial charge in [-0.3, -0.25) is 10.1 Å². The summed E-state index contributed by atoms with van der Waals surface area (Å²) in [5, 5.41) is 3.64. The molecule has 0 fully saturated rings. The van der Waals surface area contributed by atoms with Gasteiger partial charge in [-0.1, -0.05) is 97.1 Å². The van der Waals surface area contributed by atoms with Crippen molar-refractivity contribution >= 4 is 5.97 Å². The zero-order valence-corrected chi connectivity index (χ0v) is 19.9. The largest absolute Gasteiger partial charge is 0.497 e. The van der Waals surface area contributed by atoms with E-state index in [1.807, 2.05) is 72.8 Å². The molecule has 35 heavy (non-hydrogen) atoms. The molecule has 5 nitrogen and oxygen atoms in total. The van der Waals surface area contributed by atoms with Crippen molar-refractivity contribution in [3.8, 4) is 11.5 Å². The summed E-state index contributed by atoms with van der Waals surface area (Å²) < 4.78 is 16.5. The molecule has 0 aliphatic rings. The van der Waals surface area contributed by atoms with E-state index < -0.39 is 17.6 Å². The molecule has 1 atom stereocenters. The molecule has 0 saturated carbocycles. The molecule has 0 bridgehead atoms. The lowest BCUT2D eigenvalue weighted by Crippen LogP contribution is -2.55. The van der Waals surface area contributed by atoms with Gasteiger partial charge in [-0.05, 0) is 28.8 Å². The Labute approximate surface area is 206 Å². The Kier molecular flexibility index (Phi) is 7.81. The first kappa shape index (κ1) is 24.0. The van der Waals surface area contributed by atoms with Crippen LogP contribution >= 0.6 is 0 Å². The van der Waals surface area contributed by atoms with Gasteiger partial charge in [0.2, 0.25) is 0 Å². The van der Waals surface area contributed by atoms with Gasteiger partial charge >= 0.3 is 5.97 Å². The molecule has 0 amide bonds. The minimum Gasteiger partial charge on any atom is -0.497 e. The minimum atomic E-state index is -0.833. The molecule has 4 rings (SSSR count). The molecule has 0 aliphatic carbocycles. The van der Waals surface area contributed by atoms with Crippen LogP contribution in [0.5, 0.6) is 11.5 Å². The van der Waals surface area contributed by atoms with Crippen molar-refractivity contribution in [2.24, 2.45) is 0 Å². The lowest BCUT2D eigenvalue weighted by Gasteiger charge is -2.39. The maximum absolute atomic E-state index is 13.0. The molecule has 0 saturated heterocycles. The van der Waals surface area contributed by atoms with E-state index in [9.17, 15) is 4.79 Å². The van der Waals surface area contributed by atoms with Crippen LogP contribution in [-0.2, 0) is 15.1 Å². The van der Waals surface area contributed by atoms with Crippen LogP contribution in [0.1, 0.15) is 16.7 Å². The van der Waals surface area contributed by atoms with Gasteiger partial charge in [-0.15, -0.1) is 0 Å². The second kappa shape index (κ2) is 11.4. The van der Waals surface area contributed by atoms with E-state index in [1.54, 1.807) is 13.2 Å². The highest BCUT2D eigenvalue weighted by Crippen LogP contribution is 2.37. The van der Waals surface area contributed by atoms with E-state index in [0.717, 1.165) is 16.7 Å². The third-order valence-electron chi connectivity index (χ3n) is 5.95. The maximum Gasteiger partial charge on any atom is 0.326 e. The Morgan fingerprint density at radius 1 is 0.714 bits per heavy atom. The number of nitrogens with one attached hydrogen (secondary N) is 1. The van der Waals surface area contributed by atoms with E-state index in [1.165, 1.54) is 7.11 Å². The van der Waals surface area contributed by atoms with Gasteiger partial charge in [0.1, 0.15) is 24.1 Å². The first-order valence-electron chi connectivity index (χ1n) is 11.5. The van der Waals surface area contributed by atoms with Crippen molar-refractivity contribution in [1.82, 2.24) is 5.32 Å². The molecule has 0 spiro atoms. The highest BCUT2D eigenvalue weighted by Gasteiger charge is 2.40. The normalized spacial score (nSPS) is 11.9. The van der Waals surface area contributed by atoms with Gasteiger partial charge < -0.3 is 14.2 Å². The number of hydrogen-bond donors (Lipinski definition) is 1. The monoisotopic (exact) mass is 467 g/mol. The molecule has 0 radical (unpaired) electrons. The summed E-state index contributed by atoms with van der Waals surface area (Å²) in [4.78, 5) is 13.0. The van der Waals surface area contributed by atoms with Crippen LogP contribution in [0.4, 0.5) is 0 Å². The molecule has 4 aromatic carbocycles. The van der Waals surface area contributed by atoms with E-state index in [-0.39, 0.29) is 6.61 Å². The number of esters is 1. The van der Waals surface area contributed by atoms with E-state index in [2.05, 4.69) is 41.7 Å². The van der Waals surface area contributed by atoms with Gasteiger partial charge in [0, 0.05) is 6.07 Å². The molecule has 0 unspecified atom stereocenters. The Morgan fingerprint density at radius 3 is 1.66 bits per heavy atom. The topological polar surface area (TPSA) is 56.8 Å². The summed E-state index contributed by atoms with van der Waals surface area (Å²) >= 11 is 0. The van der Waals surface area contributed by atoms with Gasteiger partial charge in [0.25, 0.3) is 0 Å². The van der Waals surface area contributed by atoms with Gasteiger partial charge in [0.15, 0.2) is 0 Å². The third kappa shape index (κ3) is 5.36. The van der Waals surface area contributed by atoms with Crippen molar-refractivity contribution in [2.75, 3.05) is 20.8 Å². The van der Waals surface area contributed by atoms with Crippen molar-refractivity contribution < 1.29 is 19.0 Å². The SMILES string of the molecule is COC(=O)[C@@H](COc1cccc(OC)c1)NC(c1ccccc1)(c1ccccc1)c1ccccc1. The van der Waals surface area contributed by atoms with E-state index >= 15 is 0 Å². The van der Waals surface area contributed by atoms with E-state index in [4.69, 9.17) is 14.2 Å². The standard InChI is InChI=1S/C30H29NO4/c1-33-26-19-12-20-27(21-26)35-22-28(29(32)34-2)31-30(23-13-6-3-7-14-23,24-15-8-4-9-16-24)25-17-10-5-11-18-25/h3-21,28,31H,22H2,1-2H3/t28-/m1/s1. The van der Waals surface area contributed by atoms with Crippen LogP contribution in [0.3, 0.4) is 0 Å². The number of hydrogen-bond acceptors (Lipinski definition) is 5. The molecule has 4 aromatic rings. The Balaban J connectivity index is 1.80. The zero-order chi connectivity index (χ0) is 24.5. The first-order valence-corrected chi connectivity index (χ1v) is 11.5. The summed E-state index contributed by atoms with van der Waals surface area (Å²) in [6.45, 7) is 0.0636. The second-order valence-electron chi connectivity index (χ2n) is 8.06. The van der Waals surface area contributed by atoms with Crippen molar-refractivity contribution in [2.45, 2.75) is 11.6 Å². The number of carbonyl (C=O) groups excluding carboxylic acids is 1. The molecule has 0 heterocycles. The van der Waals surface area contributed by atoms with E-state index in [0.29, 0.717) is 11.5 Å². The fourth-order valence-corrected chi connectivity index (χ4v) is 4.26. The smallest absolute Gasteiger partial charge is 0.326 e. The lowest BCUT2D eigenvalue weighted by atomic mass is 9.76. The molecular formula is C30H29NO4. The number of ether oxygens (including phenoxy) is 3. The molecule has 178 valence electrons. The fraction of sp³-hybridized carbons (Fsp3) is 0.167. The predicted molar refractivity (Wildman–Crippen MR) is 137 cm³/mol. The average molecular weight is 468 g/mol. The van der Waals surface area contributed by atoms with Crippen molar-refractivity contribution in [1.29, 1.82) is 0 Å². The molecule has 0 aromatic heterocycles. The number of benzene rings is 4. The lowest BCUT2D eigenvalue weighted by molar-refractivity contribution is -0.144. The molecular weight excluding hydrogens is 438 g/mol.